The van der Waals surface area contributed by atoms with Crippen molar-refractivity contribution < 1.29 is 27.7 Å². The predicted molar refractivity (Wildman–Crippen MR) is 138 cm³/mol. The molecule has 5 aromatic carbocycles. The van der Waals surface area contributed by atoms with Gasteiger partial charge in [0.25, 0.3) is 0 Å². The van der Waals surface area contributed by atoms with E-state index in [-0.39, 0.29) is 11.6 Å². The fraction of sp³-hybridized carbons (Fsp3) is 0.133. The second-order valence-electron chi connectivity index (χ2n) is 8.27. The van der Waals surface area contributed by atoms with Crippen LogP contribution in [-0.2, 0) is 0 Å². The Morgan fingerprint density at radius 3 is 0.889 bits per heavy atom. The van der Waals surface area contributed by atoms with Gasteiger partial charge >= 0.3 is 0 Å². The second kappa shape index (κ2) is 9.38. The summed E-state index contributed by atoms with van der Waals surface area (Å²) in [6, 6.07) is 20.4. The smallest absolute Gasteiger partial charge is 0.161 e. The van der Waals surface area contributed by atoms with E-state index in [0.29, 0.717) is 23.0 Å². The molecule has 0 aliphatic carbocycles. The molecule has 0 atom stereocenters. The molecule has 0 aliphatic heterocycles. The Bertz CT molecular complexity index is 1380. The van der Waals surface area contributed by atoms with Crippen molar-refractivity contribution in [3.05, 3.63) is 84.4 Å². The molecule has 0 bridgehead atoms. The number of rotatable bonds is 6. The van der Waals surface area contributed by atoms with Crippen molar-refractivity contribution in [1.82, 2.24) is 0 Å². The van der Waals surface area contributed by atoms with E-state index < -0.39 is 0 Å². The normalized spacial score (nSPS) is 11.1. The summed E-state index contributed by atoms with van der Waals surface area (Å²) >= 11 is 0. The lowest BCUT2D eigenvalue weighted by molar-refractivity contribution is 0.355. The number of ether oxygens (including phenoxy) is 4. The average molecular weight is 487 g/mol. The van der Waals surface area contributed by atoms with Crippen molar-refractivity contribution in [1.29, 1.82) is 0 Å². The van der Waals surface area contributed by atoms with Gasteiger partial charge in [0.05, 0.1) is 28.4 Å². The zero-order valence-corrected chi connectivity index (χ0v) is 20.3. The van der Waals surface area contributed by atoms with Crippen LogP contribution < -0.4 is 18.9 Å². The van der Waals surface area contributed by atoms with Gasteiger partial charge in [0, 0.05) is 0 Å². The fourth-order valence-electron chi connectivity index (χ4n) is 4.73. The molecule has 0 N–H and O–H groups in total. The number of hydrogen-bond donors (Lipinski definition) is 0. The number of hydrogen-bond acceptors (Lipinski definition) is 4. The Kier molecular flexibility index (Phi) is 6.10. The largest absolute Gasteiger partial charge is 0.493 e. The third-order valence-corrected chi connectivity index (χ3v) is 6.39. The molecular weight excluding hydrogens is 462 g/mol. The first kappa shape index (κ1) is 23.4. The topological polar surface area (TPSA) is 36.9 Å². The maximum absolute atomic E-state index is 13.9. The minimum absolute atomic E-state index is 0.325. The van der Waals surface area contributed by atoms with Crippen molar-refractivity contribution in [2.75, 3.05) is 28.4 Å². The molecule has 0 aliphatic rings. The van der Waals surface area contributed by atoms with Gasteiger partial charge in [-0.25, -0.2) is 8.78 Å². The van der Waals surface area contributed by atoms with Gasteiger partial charge in [0.15, 0.2) is 23.0 Å². The summed E-state index contributed by atoms with van der Waals surface area (Å²) in [5.74, 6) is 1.57. The van der Waals surface area contributed by atoms with Crippen LogP contribution in [0.4, 0.5) is 8.78 Å². The number of fused-ring (bicyclic) bond motifs is 2. The Morgan fingerprint density at radius 1 is 0.417 bits per heavy atom. The van der Waals surface area contributed by atoms with E-state index in [1.54, 1.807) is 52.7 Å². The van der Waals surface area contributed by atoms with Crippen LogP contribution in [0.3, 0.4) is 0 Å². The van der Waals surface area contributed by atoms with Crippen LogP contribution in [0.15, 0.2) is 72.8 Å². The van der Waals surface area contributed by atoms with Gasteiger partial charge in [-0.05, 0) is 92.3 Å². The van der Waals surface area contributed by atoms with Crippen molar-refractivity contribution in [2.24, 2.45) is 0 Å². The minimum Gasteiger partial charge on any atom is -0.493 e. The Hall–Kier alpha value is -4.32. The molecule has 0 saturated carbocycles. The molecule has 4 nitrogen and oxygen atoms in total. The summed E-state index contributed by atoms with van der Waals surface area (Å²) in [5, 5.41) is 3.44. The zero-order chi connectivity index (χ0) is 25.4. The van der Waals surface area contributed by atoms with Crippen molar-refractivity contribution >= 4 is 21.5 Å². The van der Waals surface area contributed by atoms with E-state index >= 15 is 0 Å². The van der Waals surface area contributed by atoms with Crippen molar-refractivity contribution in [2.45, 2.75) is 0 Å². The van der Waals surface area contributed by atoms with Gasteiger partial charge in [-0.3, -0.25) is 0 Å². The van der Waals surface area contributed by atoms with Crippen LogP contribution >= 0.6 is 0 Å². The molecule has 0 aromatic heterocycles. The Morgan fingerprint density at radius 2 is 0.667 bits per heavy atom. The van der Waals surface area contributed by atoms with Gasteiger partial charge in [0.1, 0.15) is 11.6 Å². The lowest BCUT2D eigenvalue weighted by Crippen LogP contribution is -1.97. The third kappa shape index (κ3) is 3.85. The molecule has 0 radical (unpaired) electrons. The van der Waals surface area contributed by atoms with Crippen LogP contribution in [0.25, 0.3) is 43.8 Å². The predicted octanol–water partition coefficient (Wildman–Crippen LogP) is 7.64. The Balaban J connectivity index is 2.06. The first-order valence-electron chi connectivity index (χ1n) is 11.3. The van der Waals surface area contributed by atoms with Crippen LogP contribution in [0, 0.1) is 11.6 Å². The highest BCUT2D eigenvalue weighted by atomic mass is 19.1. The van der Waals surface area contributed by atoms with E-state index in [4.69, 9.17) is 18.9 Å². The molecule has 182 valence electrons. The molecule has 0 unspecified atom stereocenters. The van der Waals surface area contributed by atoms with Gasteiger partial charge in [0.2, 0.25) is 0 Å². The molecule has 0 heterocycles. The van der Waals surface area contributed by atoms with E-state index in [0.717, 1.165) is 43.8 Å². The molecule has 5 rings (SSSR count). The lowest BCUT2D eigenvalue weighted by atomic mass is 9.85. The molecular formula is C30H24F2O4. The second-order valence-corrected chi connectivity index (χ2v) is 8.27. The van der Waals surface area contributed by atoms with Crippen molar-refractivity contribution in [3.63, 3.8) is 0 Å². The first-order valence-corrected chi connectivity index (χ1v) is 11.3. The van der Waals surface area contributed by atoms with Gasteiger partial charge in [-0.15, -0.1) is 0 Å². The quantitative estimate of drug-likeness (QED) is 0.231. The highest BCUT2D eigenvalue weighted by molar-refractivity contribution is 6.22. The molecule has 36 heavy (non-hydrogen) atoms. The maximum Gasteiger partial charge on any atom is 0.161 e. The van der Waals surface area contributed by atoms with E-state index in [9.17, 15) is 8.78 Å². The molecule has 0 fully saturated rings. The third-order valence-electron chi connectivity index (χ3n) is 6.39. The molecule has 5 aromatic rings. The maximum atomic E-state index is 13.9. The van der Waals surface area contributed by atoms with E-state index in [1.165, 1.54) is 24.3 Å². The van der Waals surface area contributed by atoms with Gasteiger partial charge in [-0.2, -0.15) is 0 Å². The van der Waals surface area contributed by atoms with Gasteiger partial charge < -0.3 is 18.9 Å². The number of methoxy groups -OCH3 is 4. The average Bonchev–Trinajstić information content (AvgIpc) is 2.91. The molecule has 6 heteroatoms. The van der Waals surface area contributed by atoms with Crippen LogP contribution in [0.2, 0.25) is 0 Å². The van der Waals surface area contributed by atoms with E-state index in [1.807, 2.05) is 24.3 Å². The number of benzene rings is 5. The summed E-state index contributed by atoms with van der Waals surface area (Å²) in [6.07, 6.45) is 0. The van der Waals surface area contributed by atoms with Crippen LogP contribution in [0.5, 0.6) is 23.0 Å². The molecule has 0 saturated heterocycles. The Labute approximate surface area is 207 Å². The highest BCUT2D eigenvalue weighted by Gasteiger charge is 2.22. The fourth-order valence-corrected chi connectivity index (χ4v) is 4.73. The molecule has 0 spiro atoms. The van der Waals surface area contributed by atoms with Gasteiger partial charge in [-0.1, -0.05) is 24.3 Å². The summed E-state index contributed by atoms with van der Waals surface area (Å²) in [6.45, 7) is 0. The van der Waals surface area contributed by atoms with Crippen molar-refractivity contribution in [3.8, 4) is 45.3 Å². The standard InChI is InChI=1S/C30H24F2O4/c1-33-25-13-21-22(14-26(25)34-2)30(18-7-11-20(32)12-8-18)24-16-28(36-4)27(35-3)15-23(24)29(21)17-5-9-19(31)10-6-17/h5-16H,1-4H3. The summed E-state index contributed by atoms with van der Waals surface area (Å²) in [7, 11) is 6.32. The minimum atomic E-state index is -0.325. The SMILES string of the molecule is COc1cc2c(-c3ccc(F)cc3)c3cc(OC)c(OC)cc3c(-c3ccc(F)cc3)c2cc1OC. The molecule has 0 amide bonds. The summed E-state index contributed by atoms with van der Waals surface area (Å²) < 4.78 is 50.3. The summed E-state index contributed by atoms with van der Waals surface area (Å²) in [4.78, 5) is 0. The highest BCUT2D eigenvalue weighted by Crippen LogP contribution is 2.49. The number of halogens is 2. The summed E-state index contributed by atoms with van der Waals surface area (Å²) in [5.41, 5.74) is 3.37. The van der Waals surface area contributed by atoms with E-state index in [2.05, 4.69) is 0 Å². The lowest BCUT2D eigenvalue weighted by Gasteiger charge is -2.21. The van der Waals surface area contributed by atoms with Crippen LogP contribution in [0.1, 0.15) is 0 Å². The van der Waals surface area contributed by atoms with Crippen LogP contribution in [-0.4, -0.2) is 28.4 Å². The monoisotopic (exact) mass is 486 g/mol. The zero-order valence-electron chi connectivity index (χ0n) is 20.3. The first-order chi connectivity index (χ1) is 17.5.